The minimum Gasteiger partial charge on any atom is -0.207 e. The maximum absolute atomic E-state index is 12.9. The van der Waals surface area contributed by atoms with E-state index in [-0.39, 0.29) is 16.7 Å². The molecule has 22 heavy (non-hydrogen) atoms. The van der Waals surface area contributed by atoms with Crippen molar-refractivity contribution >= 4 is 33.2 Å². The summed E-state index contributed by atoms with van der Waals surface area (Å²) >= 11 is 12.4. The van der Waals surface area contributed by atoms with Gasteiger partial charge in [0.1, 0.15) is 0 Å². The van der Waals surface area contributed by atoms with Crippen LogP contribution in [0, 0.1) is 11.3 Å². The van der Waals surface area contributed by atoms with Gasteiger partial charge in [-0.2, -0.15) is 4.31 Å². The maximum atomic E-state index is 12.9. The first-order chi connectivity index (χ1) is 10.4. The zero-order valence-corrected chi connectivity index (χ0v) is 15.3. The summed E-state index contributed by atoms with van der Waals surface area (Å²) in [6.45, 7) is 5.17. The number of alkyl halides is 2. The van der Waals surface area contributed by atoms with Crippen molar-refractivity contribution in [3.8, 4) is 0 Å². The average Bonchev–Trinajstić information content (AvgIpc) is 2.96. The summed E-state index contributed by atoms with van der Waals surface area (Å²) in [5.74, 6) is 0.424. The van der Waals surface area contributed by atoms with Crippen LogP contribution in [0.4, 0.5) is 0 Å². The van der Waals surface area contributed by atoms with Gasteiger partial charge >= 0.3 is 0 Å². The number of benzene rings is 1. The highest BCUT2D eigenvalue weighted by Gasteiger charge is 2.50. The van der Waals surface area contributed by atoms with Crippen molar-refractivity contribution in [2.75, 3.05) is 19.0 Å². The molecule has 0 aliphatic carbocycles. The molecule has 1 heterocycles. The lowest BCUT2D eigenvalue weighted by molar-refractivity contribution is 0.201. The van der Waals surface area contributed by atoms with E-state index in [9.17, 15) is 8.42 Å². The van der Waals surface area contributed by atoms with E-state index in [2.05, 4.69) is 13.8 Å². The van der Waals surface area contributed by atoms with Crippen LogP contribution in [0.15, 0.2) is 35.2 Å². The average molecular weight is 364 g/mol. The smallest absolute Gasteiger partial charge is 0.207 e. The largest absolute Gasteiger partial charge is 0.243 e. The molecule has 1 saturated heterocycles. The summed E-state index contributed by atoms with van der Waals surface area (Å²) in [5.41, 5.74) is -0.0941. The van der Waals surface area contributed by atoms with Gasteiger partial charge in [0, 0.05) is 19.0 Å². The van der Waals surface area contributed by atoms with E-state index < -0.39 is 10.0 Å². The van der Waals surface area contributed by atoms with Crippen LogP contribution in [-0.2, 0) is 10.0 Å². The van der Waals surface area contributed by atoms with Crippen molar-refractivity contribution in [3.63, 3.8) is 0 Å². The van der Waals surface area contributed by atoms with E-state index >= 15 is 0 Å². The normalized spacial score (nSPS) is 23.5. The monoisotopic (exact) mass is 363 g/mol. The van der Waals surface area contributed by atoms with Crippen molar-refractivity contribution < 1.29 is 8.42 Å². The molecule has 1 aliphatic heterocycles. The molecule has 2 atom stereocenters. The number of sulfonamides is 1. The van der Waals surface area contributed by atoms with Crippen molar-refractivity contribution in [1.82, 2.24) is 4.31 Å². The van der Waals surface area contributed by atoms with E-state index in [1.165, 1.54) is 0 Å². The second-order valence-electron chi connectivity index (χ2n) is 5.96. The maximum Gasteiger partial charge on any atom is 0.243 e. The zero-order chi connectivity index (χ0) is 16.4. The van der Waals surface area contributed by atoms with E-state index in [1.807, 2.05) is 6.07 Å². The Morgan fingerprint density at radius 3 is 2.36 bits per heavy atom. The van der Waals surface area contributed by atoms with Gasteiger partial charge in [-0.05, 0) is 36.3 Å². The van der Waals surface area contributed by atoms with Crippen LogP contribution in [0.25, 0.3) is 0 Å². The minimum absolute atomic E-state index is 0.0835. The van der Waals surface area contributed by atoms with Crippen LogP contribution >= 0.6 is 23.2 Å². The third-order valence-corrected chi connectivity index (χ3v) is 7.83. The fourth-order valence-electron chi connectivity index (χ4n) is 3.47. The lowest BCUT2D eigenvalue weighted by atomic mass is 9.72. The van der Waals surface area contributed by atoms with Crippen molar-refractivity contribution in [2.45, 2.75) is 37.0 Å². The first kappa shape index (κ1) is 18.1. The fraction of sp³-hybridized carbons (Fsp3) is 0.625. The van der Waals surface area contributed by atoms with Crippen LogP contribution in [0.5, 0.6) is 0 Å². The van der Waals surface area contributed by atoms with Gasteiger partial charge in [0.05, 0.1) is 10.3 Å². The van der Waals surface area contributed by atoms with Gasteiger partial charge in [-0.3, -0.25) is 0 Å². The minimum atomic E-state index is -3.47. The Balaban J connectivity index is 2.35. The predicted molar refractivity (Wildman–Crippen MR) is 92.1 cm³/mol. The molecule has 0 bridgehead atoms. The SMILES string of the molecule is CCC1(CC)CN(S(=O)(=O)c2ccccc2)CC1C(Cl)CCl. The molecule has 6 heteroatoms. The first-order valence-corrected chi connectivity index (χ1v) is 10.1. The van der Waals surface area contributed by atoms with E-state index in [0.29, 0.717) is 23.9 Å². The van der Waals surface area contributed by atoms with Crippen LogP contribution in [0.1, 0.15) is 26.7 Å². The molecule has 1 aliphatic rings. The van der Waals surface area contributed by atoms with E-state index in [4.69, 9.17) is 23.2 Å². The Labute approximate surface area is 143 Å². The highest BCUT2D eigenvalue weighted by molar-refractivity contribution is 7.89. The Hall–Kier alpha value is -0.290. The summed E-state index contributed by atoms with van der Waals surface area (Å²) in [5, 5.41) is -0.211. The van der Waals surface area contributed by atoms with Crippen LogP contribution in [0.3, 0.4) is 0 Å². The van der Waals surface area contributed by atoms with Crippen molar-refractivity contribution in [1.29, 1.82) is 0 Å². The van der Waals surface area contributed by atoms with E-state index in [1.54, 1.807) is 28.6 Å². The molecule has 3 nitrogen and oxygen atoms in total. The molecule has 2 unspecified atom stereocenters. The van der Waals surface area contributed by atoms with Gasteiger partial charge in [0.15, 0.2) is 0 Å². The number of rotatable bonds is 6. The highest BCUT2D eigenvalue weighted by atomic mass is 35.5. The summed E-state index contributed by atoms with van der Waals surface area (Å²) < 4.78 is 27.3. The fourth-order valence-corrected chi connectivity index (χ4v) is 5.62. The molecule has 1 aromatic rings. The second-order valence-corrected chi connectivity index (χ2v) is 8.76. The summed E-state index contributed by atoms with van der Waals surface area (Å²) in [7, 11) is -3.47. The number of nitrogens with zero attached hydrogens (tertiary/aromatic N) is 1. The molecule has 0 spiro atoms. The molecule has 1 aromatic carbocycles. The van der Waals surface area contributed by atoms with Crippen LogP contribution < -0.4 is 0 Å². The topological polar surface area (TPSA) is 37.4 Å². The predicted octanol–water partition coefficient (Wildman–Crippen LogP) is 3.96. The molecule has 0 N–H and O–H groups in total. The van der Waals surface area contributed by atoms with Gasteiger partial charge in [-0.25, -0.2) is 8.42 Å². The van der Waals surface area contributed by atoms with Crippen LogP contribution in [-0.4, -0.2) is 37.1 Å². The third-order valence-electron chi connectivity index (χ3n) is 5.05. The molecule has 124 valence electrons. The lowest BCUT2D eigenvalue weighted by Crippen LogP contribution is -2.35. The Morgan fingerprint density at radius 1 is 1.27 bits per heavy atom. The van der Waals surface area contributed by atoms with E-state index in [0.717, 1.165) is 12.8 Å². The van der Waals surface area contributed by atoms with Crippen molar-refractivity contribution in [2.24, 2.45) is 11.3 Å². The third kappa shape index (κ3) is 3.16. The zero-order valence-electron chi connectivity index (χ0n) is 13.0. The quantitative estimate of drug-likeness (QED) is 0.717. The molecule has 0 radical (unpaired) electrons. The van der Waals surface area contributed by atoms with Gasteiger partial charge in [-0.1, -0.05) is 32.0 Å². The Morgan fingerprint density at radius 2 is 1.86 bits per heavy atom. The first-order valence-electron chi connectivity index (χ1n) is 7.66. The summed E-state index contributed by atoms with van der Waals surface area (Å²) in [6, 6.07) is 8.59. The standard InChI is InChI=1S/C16H23Cl2NO2S/c1-3-16(4-2)12-19(11-14(16)15(18)10-17)22(20,21)13-8-6-5-7-9-13/h5-9,14-15H,3-4,10-12H2,1-2H3. The van der Waals surface area contributed by atoms with Crippen LogP contribution in [0.2, 0.25) is 0 Å². The summed E-state index contributed by atoms with van der Waals surface area (Å²) in [4.78, 5) is 0.341. The van der Waals surface area contributed by atoms with Gasteiger partial charge < -0.3 is 0 Å². The molecule has 0 amide bonds. The lowest BCUT2D eigenvalue weighted by Gasteiger charge is -2.34. The van der Waals surface area contributed by atoms with Gasteiger partial charge in [0.25, 0.3) is 0 Å². The molecule has 1 fully saturated rings. The number of halogens is 2. The molecule has 0 aromatic heterocycles. The highest BCUT2D eigenvalue weighted by Crippen LogP contribution is 2.46. The Kier molecular flexibility index (Phi) is 5.81. The Bertz CT molecular complexity index is 587. The number of hydrogen-bond donors (Lipinski definition) is 0. The van der Waals surface area contributed by atoms with Crippen molar-refractivity contribution in [3.05, 3.63) is 30.3 Å². The number of hydrogen-bond acceptors (Lipinski definition) is 2. The van der Waals surface area contributed by atoms with Gasteiger partial charge in [-0.15, -0.1) is 23.2 Å². The summed E-state index contributed by atoms with van der Waals surface area (Å²) in [6.07, 6.45) is 1.80. The molecular formula is C16H23Cl2NO2S. The molecule has 2 rings (SSSR count). The second kappa shape index (κ2) is 7.08. The molecule has 0 saturated carbocycles. The van der Waals surface area contributed by atoms with Gasteiger partial charge in [0.2, 0.25) is 10.0 Å². The molecular weight excluding hydrogens is 341 g/mol.